The summed E-state index contributed by atoms with van der Waals surface area (Å²) < 4.78 is 0. The summed E-state index contributed by atoms with van der Waals surface area (Å²) in [6.07, 6.45) is 49.7. The van der Waals surface area contributed by atoms with Gasteiger partial charge in [-0.2, -0.15) is 0 Å². The molecule has 0 heterocycles. The van der Waals surface area contributed by atoms with Gasteiger partial charge < -0.3 is 20.6 Å². The molecule has 0 radical (unpaired) electrons. The van der Waals surface area contributed by atoms with Crippen molar-refractivity contribution in [2.75, 3.05) is 6.61 Å². The Balaban J connectivity index is 3.55. The lowest BCUT2D eigenvalue weighted by molar-refractivity contribution is -0.131. The number of rotatable bonds is 44. The summed E-state index contributed by atoms with van der Waals surface area (Å²) in [5.74, 6) is -0.464. The Bertz CT molecular complexity index is 688. The van der Waals surface area contributed by atoms with E-state index < -0.39 is 24.2 Å². The first kappa shape index (κ1) is 51.4. The number of unbranched alkanes of at least 4 members (excludes halogenated alkanes) is 36. The second-order valence-electron chi connectivity index (χ2n) is 16.7. The summed E-state index contributed by atoms with van der Waals surface area (Å²) in [6.45, 7) is 4.26. The zero-order valence-electron chi connectivity index (χ0n) is 35.5. The highest BCUT2D eigenvalue weighted by molar-refractivity contribution is 5.80. The molecule has 0 bridgehead atoms. The molecule has 52 heavy (non-hydrogen) atoms. The fourth-order valence-corrected chi connectivity index (χ4v) is 7.72. The quantitative estimate of drug-likeness (QED) is 0.0469. The van der Waals surface area contributed by atoms with E-state index in [1.54, 1.807) is 0 Å². The van der Waals surface area contributed by atoms with Gasteiger partial charge in [0, 0.05) is 0 Å². The summed E-state index contributed by atoms with van der Waals surface area (Å²) in [6, 6.07) is -0.706. The number of aliphatic hydroxyl groups is 3. The smallest absolute Gasteiger partial charge is 0.249 e. The number of carbonyl (C=O) groups is 1. The predicted molar refractivity (Wildman–Crippen MR) is 227 cm³/mol. The molecule has 0 rings (SSSR count). The van der Waals surface area contributed by atoms with E-state index in [9.17, 15) is 20.1 Å². The lowest BCUT2D eigenvalue weighted by Crippen LogP contribution is -2.49. The van der Waals surface area contributed by atoms with Crippen LogP contribution in [-0.4, -0.2) is 46.1 Å². The molecule has 3 unspecified atom stereocenters. The largest absolute Gasteiger partial charge is 0.394 e. The summed E-state index contributed by atoms with van der Waals surface area (Å²) in [4.78, 5) is 12.5. The van der Waals surface area contributed by atoms with Crippen molar-refractivity contribution in [3.8, 4) is 0 Å². The number of carbonyl (C=O) groups excluding carboxylic acids is 1. The van der Waals surface area contributed by atoms with Gasteiger partial charge in [-0.15, -0.1) is 0 Å². The average molecular weight is 738 g/mol. The Hall–Kier alpha value is -0.650. The third kappa shape index (κ3) is 37.7. The predicted octanol–water partition coefficient (Wildman–Crippen LogP) is 13.8. The Morgan fingerprint density at radius 3 is 0.865 bits per heavy atom. The van der Waals surface area contributed by atoms with Crippen molar-refractivity contribution in [1.82, 2.24) is 5.32 Å². The molecular weight excluding hydrogens is 643 g/mol. The van der Waals surface area contributed by atoms with E-state index in [4.69, 9.17) is 0 Å². The molecule has 312 valence electrons. The Labute approximate surface area is 326 Å². The summed E-state index contributed by atoms with van der Waals surface area (Å²) in [5, 5.41) is 33.4. The van der Waals surface area contributed by atoms with Crippen molar-refractivity contribution >= 4 is 5.91 Å². The number of amides is 1. The van der Waals surface area contributed by atoms with Crippen LogP contribution in [0.15, 0.2) is 0 Å². The van der Waals surface area contributed by atoms with Crippen LogP contribution in [-0.2, 0) is 4.79 Å². The van der Waals surface area contributed by atoms with Crippen molar-refractivity contribution < 1.29 is 20.1 Å². The summed E-state index contributed by atoms with van der Waals surface area (Å²) >= 11 is 0. The molecule has 0 aliphatic heterocycles. The minimum Gasteiger partial charge on any atom is -0.394 e. The molecule has 0 saturated carbocycles. The van der Waals surface area contributed by atoms with E-state index in [-0.39, 0.29) is 6.61 Å². The monoisotopic (exact) mass is 738 g/mol. The molecule has 0 spiro atoms. The zero-order valence-corrected chi connectivity index (χ0v) is 35.5. The minimum absolute atomic E-state index is 0.308. The number of nitrogens with one attached hydrogen (secondary N) is 1. The van der Waals surface area contributed by atoms with E-state index in [1.807, 2.05) is 0 Å². The van der Waals surface area contributed by atoms with E-state index in [2.05, 4.69) is 19.2 Å². The maximum atomic E-state index is 12.5. The molecule has 1 amide bonds. The number of aliphatic hydroxyl groups excluding tert-OH is 3. The van der Waals surface area contributed by atoms with Crippen LogP contribution in [0.2, 0.25) is 0 Å². The fraction of sp³-hybridized carbons (Fsp3) is 0.979. The van der Waals surface area contributed by atoms with Crippen molar-refractivity contribution in [2.24, 2.45) is 0 Å². The molecule has 4 N–H and O–H groups in total. The Kier molecular flexibility index (Phi) is 42.5. The van der Waals surface area contributed by atoms with Crippen LogP contribution < -0.4 is 5.32 Å². The first-order valence-corrected chi connectivity index (χ1v) is 23.8. The van der Waals surface area contributed by atoms with E-state index in [1.165, 1.54) is 212 Å². The van der Waals surface area contributed by atoms with Crippen LogP contribution in [0.5, 0.6) is 0 Å². The van der Waals surface area contributed by atoms with Gasteiger partial charge in [-0.1, -0.05) is 258 Å². The van der Waals surface area contributed by atoms with E-state index in [0.29, 0.717) is 12.8 Å². The third-order valence-corrected chi connectivity index (χ3v) is 11.5. The molecule has 0 saturated heterocycles. The Morgan fingerprint density at radius 2 is 0.615 bits per heavy atom. The van der Waals surface area contributed by atoms with Crippen molar-refractivity contribution in [3.63, 3.8) is 0 Å². The second kappa shape index (κ2) is 43.1. The van der Waals surface area contributed by atoms with Crippen LogP contribution in [0.3, 0.4) is 0 Å². The first-order valence-electron chi connectivity index (χ1n) is 23.8. The molecular formula is C47H95NO4. The van der Waals surface area contributed by atoms with Gasteiger partial charge in [0.25, 0.3) is 0 Å². The average Bonchev–Trinajstić information content (AvgIpc) is 3.15. The summed E-state index contributed by atoms with van der Waals surface area (Å²) in [5.41, 5.74) is 0. The van der Waals surface area contributed by atoms with Gasteiger partial charge in [-0.05, 0) is 12.8 Å². The molecule has 5 heteroatoms. The lowest BCUT2D eigenvalue weighted by atomic mass is 10.0. The molecule has 0 aromatic heterocycles. The van der Waals surface area contributed by atoms with Gasteiger partial charge in [0.15, 0.2) is 0 Å². The molecule has 0 aromatic rings. The Morgan fingerprint density at radius 1 is 0.385 bits per heavy atom. The van der Waals surface area contributed by atoms with Crippen LogP contribution in [0.1, 0.15) is 271 Å². The van der Waals surface area contributed by atoms with Gasteiger partial charge in [0.1, 0.15) is 6.10 Å². The van der Waals surface area contributed by atoms with Crippen LogP contribution >= 0.6 is 0 Å². The van der Waals surface area contributed by atoms with Gasteiger partial charge in [-0.25, -0.2) is 0 Å². The van der Waals surface area contributed by atoms with Gasteiger partial charge >= 0.3 is 0 Å². The highest BCUT2D eigenvalue weighted by atomic mass is 16.3. The van der Waals surface area contributed by atoms with Crippen LogP contribution in [0.4, 0.5) is 0 Å². The van der Waals surface area contributed by atoms with Crippen LogP contribution in [0, 0.1) is 0 Å². The molecule has 0 fully saturated rings. The highest BCUT2D eigenvalue weighted by Crippen LogP contribution is 2.17. The first-order chi connectivity index (χ1) is 25.6. The molecule has 0 aliphatic carbocycles. The maximum absolute atomic E-state index is 12.5. The standard InChI is InChI=1S/C47H95NO4/c1-3-5-7-9-11-13-15-17-19-21-22-23-24-26-28-30-32-34-36-38-40-42-46(51)47(52)48-44(43-49)45(50)41-39-37-35-33-31-29-27-25-20-18-16-14-12-10-8-6-4-2/h44-46,49-51H,3-43H2,1-2H3,(H,48,52). The molecule has 3 atom stereocenters. The van der Waals surface area contributed by atoms with Crippen molar-refractivity contribution in [2.45, 2.75) is 289 Å². The normalized spacial score (nSPS) is 13.4. The highest BCUT2D eigenvalue weighted by Gasteiger charge is 2.23. The lowest BCUT2D eigenvalue weighted by Gasteiger charge is -2.23. The van der Waals surface area contributed by atoms with E-state index in [0.717, 1.165) is 32.1 Å². The number of hydrogen-bond donors (Lipinski definition) is 4. The van der Waals surface area contributed by atoms with Gasteiger partial charge in [-0.3, -0.25) is 4.79 Å². The topological polar surface area (TPSA) is 89.8 Å². The van der Waals surface area contributed by atoms with Crippen molar-refractivity contribution in [3.05, 3.63) is 0 Å². The van der Waals surface area contributed by atoms with Gasteiger partial charge in [0.05, 0.1) is 18.8 Å². The third-order valence-electron chi connectivity index (χ3n) is 11.5. The van der Waals surface area contributed by atoms with Gasteiger partial charge in [0.2, 0.25) is 5.91 Å². The maximum Gasteiger partial charge on any atom is 0.249 e. The number of hydrogen-bond acceptors (Lipinski definition) is 4. The molecule has 0 aromatic carbocycles. The SMILES string of the molecule is CCCCCCCCCCCCCCCCCCCCCCCC(O)C(=O)NC(CO)C(O)CCCCCCCCCCCCCCCCCCC. The minimum atomic E-state index is -1.07. The van der Waals surface area contributed by atoms with Crippen LogP contribution in [0.25, 0.3) is 0 Å². The second-order valence-corrected chi connectivity index (χ2v) is 16.7. The van der Waals surface area contributed by atoms with Crippen molar-refractivity contribution in [1.29, 1.82) is 0 Å². The van der Waals surface area contributed by atoms with E-state index >= 15 is 0 Å². The zero-order chi connectivity index (χ0) is 38.0. The molecule has 0 aliphatic rings. The molecule has 5 nitrogen and oxygen atoms in total. The fourth-order valence-electron chi connectivity index (χ4n) is 7.72. The summed E-state index contributed by atoms with van der Waals surface area (Å²) in [7, 11) is 0.